The number of halogens is 3. The van der Waals surface area contributed by atoms with Crippen molar-refractivity contribution < 1.29 is 81.6 Å². The molecule has 11 heteroatoms. The second kappa shape index (κ2) is 22.1. The van der Waals surface area contributed by atoms with Crippen molar-refractivity contribution in [2.45, 2.75) is 20.0 Å². The molecule has 1 N–H and O–H groups in total. The van der Waals surface area contributed by atoms with E-state index in [-0.39, 0.29) is 60.3 Å². The second-order valence-electron chi connectivity index (χ2n) is 10.8. The molecule has 0 spiro atoms. The first-order chi connectivity index (χ1) is 24.9. The predicted molar refractivity (Wildman–Crippen MR) is 213 cm³/mol. The van der Waals surface area contributed by atoms with Crippen molar-refractivity contribution in [2.24, 2.45) is 0 Å². The number of carbonyl (C=O) groups is 1. The molecule has 0 saturated carbocycles. The number of allylic oxidation sites excluding steroid dienone is 8. The van der Waals surface area contributed by atoms with Crippen LogP contribution in [0.25, 0.3) is 0 Å². The molecule has 0 aliphatic carbocycles. The molecule has 0 atom stereocenters. The summed E-state index contributed by atoms with van der Waals surface area (Å²) in [4.78, 5) is 11.2. The van der Waals surface area contributed by atoms with Gasteiger partial charge in [0.1, 0.15) is 0 Å². The number of hydrogen-bond donors (Lipinski definition) is 1. The maximum Gasteiger partial charge on any atom is 0.448 e. The molecule has 1 radical (unpaired) electrons. The van der Waals surface area contributed by atoms with Crippen molar-refractivity contribution in [3.63, 3.8) is 0 Å². The Hall–Kier alpha value is -3.42. The molecule has 5 rings (SSSR count). The normalized spacial score (nSPS) is 13.0. The average molecular weight is 911 g/mol. The van der Waals surface area contributed by atoms with Crippen molar-refractivity contribution >= 4 is 52.6 Å². The van der Waals surface area contributed by atoms with Gasteiger partial charge in [0.15, 0.2) is 20.1 Å². The van der Waals surface area contributed by atoms with E-state index in [0.717, 1.165) is 43.2 Å². The maximum absolute atomic E-state index is 13.8. The van der Waals surface area contributed by atoms with Crippen LogP contribution in [0.5, 0.6) is 0 Å². The molecule has 0 fully saturated rings. The molecule has 5 aromatic rings. The number of hydrogen-bond acceptors (Lipinski definition) is 5. The van der Waals surface area contributed by atoms with Crippen molar-refractivity contribution in [3.05, 3.63) is 204 Å². The van der Waals surface area contributed by atoms with Gasteiger partial charge in [-0.15, -0.1) is 11.3 Å². The molecule has 0 saturated heterocycles. The van der Waals surface area contributed by atoms with Gasteiger partial charge in [-0.05, 0) is 25.3 Å². The van der Waals surface area contributed by atoms with Crippen LogP contribution >= 0.6 is 25.6 Å². The first-order valence-electron chi connectivity index (χ1n) is 15.9. The molecular formula is C42H39EuF3O4P2S. The number of benzene rings is 4. The standard InChI is InChI=1S/C18H15OP.C16H19OP.C8H5F3O2S.Eu/c19-20(16-10-4-1-5-11-16,17-12-6-2-7-13-17)18-14-8-3-9-15-18;1-5-14(6-2)18(17,15(7-3)8-4)16-12-10-9-11-13-16;9-8(10,11)7(13)4-5(12)6-2-1-3-14-6;/h1-15H;5-13H,1,3H2,2,4H3;1-4,13H;/b;14-6+,15-8+;;. The van der Waals surface area contributed by atoms with E-state index in [9.17, 15) is 27.1 Å². The van der Waals surface area contributed by atoms with Gasteiger partial charge in [-0.3, -0.25) is 4.79 Å². The molecule has 0 aliphatic rings. The van der Waals surface area contributed by atoms with E-state index in [0.29, 0.717) is 0 Å². The molecule has 0 bridgehead atoms. The molecule has 0 aliphatic heterocycles. The van der Waals surface area contributed by atoms with Crippen LogP contribution in [0.4, 0.5) is 13.2 Å². The first kappa shape index (κ1) is 45.7. The van der Waals surface area contributed by atoms with Gasteiger partial charge in [0.2, 0.25) is 5.76 Å². The molecule has 275 valence electrons. The third kappa shape index (κ3) is 12.0. The first-order valence-corrected chi connectivity index (χ1v) is 20.2. The fourth-order valence-electron chi connectivity index (χ4n) is 5.00. The topological polar surface area (TPSA) is 71.4 Å². The summed E-state index contributed by atoms with van der Waals surface area (Å²) in [5.41, 5.74) is 0. The van der Waals surface area contributed by atoms with E-state index in [1.165, 1.54) is 12.1 Å². The number of aliphatic hydroxyl groups excluding tert-OH is 1. The fraction of sp³-hybridized carbons (Fsp3) is 0.0714. The fourth-order valence-corrected chi connectivity index (χ4v) is 11.0. The predicted octanol–water partition coefficient (Wildman–Crippen LogP) is 11.1. The van der Waals surface area contributed by atoms with E-state index in [4.69, 9.17) is 5.11 Å². The van der Waals surface area contributed by atoms with Crippen molar-refractivity contribution in [1.82, 2.24) is 0 Å². The number of ketones is 1. The molecule has 0 unspecified atom stereocenters. The van der Waals surface area contributed by atoms with Gasteiger partial charge < -0.3 is 14.2 Å². The van der Waals surface area contributed by atoms with E-state index < -0.39 is 32.0 Å². The molecule has 53 heavy (non-hydrogen) atoms. The van der Waals surface area contributed by atoms with Crippen molar-refractivity contribution in [2.75, 3.05) is 0 Å². The summed E-state index contributed by atoms with van der Waals surface area (Å²) in [6.07, 6.45) is 2.35. The van der Waals surface area contributed by atoms with Crippen LogP contribution in [0.3, 0.4) is 0 Å². The Morgan fingerprint density at radius 2 is 1.00 bits per heavy atom. The maximum atomic E-state index is 13.8. The van der Waals surface area contributed by atoms with Crippen LogP contribution in [0, 0.1) is 49.4 Å². The Balaban J connectivity index is 0.000000277. The van der Waals surface area contributed by atoms with Crippen LogP contribution in [-0.4, -0.2) is 17.1 Å². The van der Waals surface area contributed by atoms with Gasteiger partial charge in [0, 0.05) is 87.3 Å². The zero-order valence-corrected chi connectivity index (χ0v) is 34.1. The summed E-state index contributed by atoms with van der Waals surface area (Å²) in [5, 5.41) is 15.0. The number of aliphatic hydroxyl groups is 1. The van der Waals surface area contributed by atoms with Crippen LogP contribution < -0.4 is 21.2 Å². The van der Waals surface area contributed by atoms with E-state index in [1.807, 2.05) is 147 Å². The molecular weight excluding hydrogens is 871 g/mol. The van der Waals surface area contributed by atoms with Crippen molar-refractivity contribution in [3.8, 4) is 0 Å². The minimum absolute atomic E-state index is 0. The van der Waals surface area contributed by atoms with E-state index in [2.05, 4.69) is 13.2 Å². The third-order valence-corrected chi connectivity index (χ3v) is 14.9. The van der Waals surface area contributed by atoms with E-state index in [1.54, 1.807) is 17.5 Å². The van der Waals surface area contributed by atoms with Gasteiger partial charge in [0.25, 0.3) is 0 Å². The number of alkyl halides is 3. The Labute approximate surface area is 354 Å². The Morgan fingerprint density at radius 3 is 1.28 bits per heavy atom. The van der Waals surface area contributed by atoms with Gasteiger partial charge in [-0.1, -0.05) is 165 Å². The summed E-state index contributed by atoms with van der Waals surface area (Å²) in [6, 6.07) is 41.6. The van der Waals surface area contributed by atoms with E-state index >= 15 is 0 Å². The Morgan fingerprint density at radius 1 is 0.642 bits per heavy atom. The number of carbonyl (C=O) groups excluding carboxylic acids is 1. The summed E-state index contributed by atoms with van der Waals surface area (Å²) >= 11 is 1.01. The van der Waals surface area contributed by atoms with Gasteiger partial charge in [-0.2, -0.15) is 13.2 Å². The Kier molecular flexibility index (Phi) is 19.1. The van der Waals surface area contributed by atoms with Gasteiger partial charge in [0.05, 0.1) is 4.88 Å². The van der Waals surface area contributed by atoms with Crippen LogP contribution in [-0.2, 0) is 9.13 Å². The number of thiophene rings is 1. The van der Waals surface area contributed by atoms with Gasteiger partial charge in [-0.25, -0.2) is 0 Å². The summed E-state index contributed by atoms with van der Waals surface area (Å²) in [7, 11) is -5.58. The minimum atomic E-state index is -4.87. The molecule has 1 heterocycles. The monoisotopic (exact) mass is 911 g/mol. The summed E-state index contributed by atoms with van der Waals surface area (Å²) < 4.78 is 62.6. The zero-order valence-electron chi connectivity index (χ0n) is 29.1. The SMILES string of the molecule is C=C/C(=C\C)P(=O)(/C(C=C)=C/C)c1ccccc1.O=C(C=C(O)C(F)(F)F)c1cccs1.O=P(c1ccccc1)(c1ccccc1)c1ccccc1.[Eu]. The number of rotatable bonds is 10. The Bertz CT molecular complexity index is 1970. The van der Waals surface area contributed by atoms with Gasteiger partial charge >= 0.3 is 6.18 Å². The van der Waals surface area contributed by atoms with Crippen LogP contribution in [0.15, 0.2) is 199 Å². The van der Waals surface area contributed by atoms with Crippen LogP contribution in [0.1, 0.15) is 23.5 Å². The largest absolute Gasteiger partial charge is 0.504 e. The summed E-state index contributed by atoms with van der Waals surface area (Å²) in [6.45, 7) is 11.3. The molecule has 0 amide bonds. The molecule has 1 aromatic heterocycles. The van der Waals surface area contributed by atoms with Crippen molar-refractivity contribution in [1.29, 1.82) is 0 Å². The zero-order chi connectivity index (χ0) is 38.2. The quantitative estimate of drug-likeness (QED) is 0.0498. The molecule has 4 aromatic carbocycles. The average Bonchev–Trinajstić information content (AvgIpc) is 3.73. The minimum Gasteiger partial charge on any atom is -0.504 e. The third-order valence-electron chi connectivity index (χ3n) is 7.54. The smallest absolute Gasteiger partial charge is 0.448 e. The second-order valence-corrected chi connectivity index (χ2v) is 17.2. The molecule has 4 nitrogen and oxygen atoms in total. The van der Waals surface area contributed by atoms with Crippen LogP contribution in [0.2, 0.25) is 0 Å². The summed E-state index contributed by atoms with van der Waals surface area (Å²) in [5.74, 6) is -2.73.